The average Bonchev–Trinajstić information content (AvgIpc) is 3.36. The number of ether oxygens (including phenoxy) is 1. The van der Waals surface area contributed by atoms with Gasteiger partial charge in [0.15, 0.2) is 0 Å². The molecule has 2 aliphatic rings. The molecule has 2 amide bonds. The molecule has 3 N–H and O–H groups in total. The monoisotopic (exact) mass is 565 g/mol. The van der Waals surface area contributed by atoms with Crippen LogP contribution >= 0.6 is 0 Å². The number of amides is 2. The molecule has 3 aromatic carbocycles. The number of anilines is 2. The van der Waals surface area contributed by atoms with E-state index in [0.29, 0.717) is 52.5 Å². The lowest BCUT2D eigenvalue weighted by atomic mass is 9.99. The van der Waals surface area contributed by atoms with E-state index in [1.54, 1.807) is 42.5 Å². The number of likely N-dealkylation sites (tertiary alicyclic amines) is 1. The molecule has 2 heterocycles. The normalized spacial score (nSPS) is 16.1. The summed E-state index contributed by atoms with van der Waals surface area (Å²) in [6.45, 7) is 2.74. The van der Waals surface area contributed by atoms with E-state index < -0.39 is 5.97 Å². The van der Waals surface area contributed by atoms with Gasteiger partial charge in [-0.3, -0.25) is 14.4 Å². The minimum Gasteiger partial charge on any atom is -0.465 e. The molecule has 214 valence electrons. The highest BCUT2D eigenvalue weighted by atomic mass is 16.7. The van der Waals surface area contributed by atoms with Crippen LogP contribution in [0.1, 0.15) is 44.7 Å². The maximum absolute atomic E-state index is 13.2. The van der Waals surface area contributed by atoms with Crippen molar-refractivity contribution in [3.8, 4) is 6.07 Å². The van der Waals surface area contributed by atoms with Crippen molar-refractivity contribution in [2.45, 2.75) is 12.8 Å². The van der Waals surface area contributed by atoms with Gasteiger partial charge in [-0.05, 0) is 67.9 Å². The molecule has 0 aromatic heterocycles. The van der Waals surface area contributed by atoms with Gasteiger partial charge >= 0.3 is 5.97 Å². The van der Waals surface area contributed by atoms with Crippen LogP contribution in [0.2, 0.25) is 0 Å². The zero-order chi connectivity index (χ0) is 29.5. The van der Waals surface area contributed by atoms with Crippen LogP contribution in [0.25, 0.3) is 11.3 Å². The van der Waals surface area contributed by atoms with Gasteiger partial charge in [-0.2, -0.15) is 5.26 Å². The molecule has 0 saturated carbocycles. The second-order valence-corrected chi connectivity index (χ2v) is 10.0. The summed E-state index contributed by atoms with van der Waals surface area (Å²) >= 11 is 0. The van der Waals surface area contributed by atoms with Gasteiger partial charge in [0, 0.05) is 29.3 Å². The maximum Gasteiger partial charge on any atom is 0.337 e. The van der Waals surface area contributed by atoms with Crippen molar-refractivity contribution in [1.29, 1.82) is 5.26 Å². The Morgan fingerprint density at radius 2 is 1.71 bits per heavy atom. The van der Waals surface area contributed by atoms with Crippen LogP contribution in [0.15, 0.2) is 72.8 Å². The number of esters is 1. The first-order valence-corrected chi connectivity index (χ1v) is 13.7. The molecule has 42 heavy (non-hydrogen) atoms. The van der Waals surface area contributed by atoms with Crippen molar-refractivity contribution in [3.63, 3.8) is 0 Å². The summed E-state index contributed by atoms with van der Waals surface area (Å²) in [5, 5.41) is 15.2. The number of nitrogens with one attached hydrogen (secondary N) is 3. The molecular weight excluding hydrogens is 534 g/mol. The highest BCUT2D eigenvalue weighted by Crippen LogP contribution is 2.38. The Morgan fingerprint density at radius 3 is 2.40 bits per heavy atom. The second-order valence-electron chi connectivity index (χ2n) is 10.0. The third-order valence-corrected chi connectivity index (χ3v) is 7.36. The van der Waals surface area contributed by atoms with Gasteiger partial charge in [-0.15, -0.1) is 0 Å². The first kappa shape index (κ1) is 28.5. The molecule has 0 atom stereocenters. The molecule has 5 rings (SSSR count). The Kier molecular flexibility index (Phi) is 8.92. The molecule has 1 saturated heterocycles. The van der Waals surface area contributed by atoms with E-state index in [-0.39, 0.29) is 17.7 Å². The molecule has 1 fully saturated rings. The fraction of sp³-hybridized carbons (Fsp3) is 0.250. The number of hydroxylamine groups is 1. The van der Waals surface area contributed by atoms with E-state index in [2.05, 4.69) is 27.1 Å². The van der Waals surface area contributed by atoms with Crippen molar-refractivity contribution in [2.75, 3.05) is 44.0 Å². The number of hydrogen-bond acceptors (Lipinski definition) is 8. The van der Waals surface area contributed by atoms with Crippen molar-refractivity contribution >= 4 is 40.4 Å². The number of methoxy groups -OCH3 is 1. The summed E-state index contributed by atoms with van der Waals surface area (Å²) in [6, 6.07) is 23.6. The number of fused-ring (bicyclic) bond motifs is 1. The summed E-state index contributed by atoms with van der Waals surface area (Å²) < 4.78 is 4.81. The van der Waals surface area contributed by atoms with E-state index in [9.17, 15) is 14.4 Å². The van der Waals surface area contributed by atoms with Gasteiger partial charge in [0.2, 0.25) is 0 Å². The Labute approximate surface area is 243 Å². The highest BCUT2D eigenvalue weighted by Gasteiger charge is 2.29. The zero-order valence-corrected chi connectivity index (χ0v) is 23.2. The summed E-state index contributed by atoms with van der Waals surface area (Å²) in [5.74, 6) is -1.03. The Hall–Kier alpha value is -4.98. The molecule has 3 aromatic rings. The largest absolute Gasteiger partial charge is 0.465 e. The summed E-state index contributed by atoms with van der Waals surface area (Å²) in [7, 11) is 1.31. The first-order valence-electron chi connectivity index (χ1n) is 13.7. The topological polar surface area (TPSA) is 133 Å². The number of hydrogen-bond donors (Lipinski definition) is 3. The molecule has 2 aliphatic heterocycles. The van der Waals surface area contributed by atoms with Crippen LogP contribution in [0, 0.1) is 17.2 Å². The number of nitrogens with zero attached hydrogens (tertiary/aromatic N) is 2. The number of carbonyl (C=O) groups is 3. The predicted molar refractivity (Wildman–Crippen MR) is 158 cm³/mol. The molecule has 10 nitrogen and oxygen atoms in total. The van der Waals surface area contributed by atoms with Crippen LogP contribution in [-0.2, 0) is 14.4 Å². The molecular formula is C32H31N5O5. The third-order valence-electron chi connectivity index (χ3n) is 7.36. The van der Waals surface area contributed by atoms with Crippen LogP contribution in [0.4, 0.5) is 11.4 Å². The van der Waals surface area contributed by atoms with Gasteiger partial charge in [-0.1, -0.05) is 36.4 Å². The van der Waals surface area contributed by atoms with Crippen LogP contribution in [0.5, 0.6) is 0 Å². The fourth-order valence-electron chi connectivity index (χ4n) is 5.03. The van der Waals surface area contributed by atoms with Gasteiger partial charge in [0.25, 0.3) is 11.8 Å². The van der Waals surface area contributed by atoms with Crippen molar-refractivity contribution in [2.24, 2.45) is 5.92 Å². The SMILES string of the molecule is COC(=O)c1ccc2c(c1)NC(=O)C2=C(Nc1ccc(C(=O)NOCCN2CCC(C#N)CC2)cc1)c1ccccc1. The van der Waals surface area contributed by atoms with E-state index in [0.717, 1.165) is 31.5 Å². The number of benzene rings is 3. The summed E-state index contributed by atoms with van der Waals surface area (Å²) in [4.78, 5) is 45.4. The lowest BCUT2D eigenvalue weighted by Gasteiger charge is -2.28. The van der Waals surface area contributed by atoms with Crippen LogP contribution in [-0.4, -0.2) is 56.0 Å². The van der Waals surface area contributed by atoms with Gasteiger partial charge in [0.1, 0.15) is 0 Å². The zero-order valence-electron chi connectivity index (χ0n) is 23.2. The Morgan fingerprint density at radius 1 is 1.00 bits per heavy atom. The fourth-order valence-corrected chi connectivity index (χ4v) is 5.03. The molecule has 10 heteroatoms. The summed E-state index contributed by atoms with van der Waals surface area (Å²) in [6.07, 6.45) is 1.72. The third kappa shape index (κ3) is 6.49. The lowest BCUT2D eigenvalue weighted by molar-refractivity contribution is -0.110. The summed E-state index contributed by atoms with van der Waals surface area (Å²) in [5.41, 5.74) is 6.90. The van der Waals surface area contributed by atoms with E-state index >= 15 is 0 Å². The maximum atomic E-state index is 13.2. The second kappa shape index (κ2) is 13.1. The van der Waals surface area contributed by atoms with E-state index in [1.165, 1.54) is 7.11 Å². The molecule has 0 spiro atoms. The Bertz CT molecular complexity index is 1540. The average molecular weight is 566 g/mol. The van der Waals surface area contributed by atoms with Crippen molar-refractivity contribution in [1.82, 2.24) is 10.4 Å². The van der Waals surface area contributed by atoms with Crippen molar-refractivity contribution in [3.05, 3.63) is 95.1 Å². The van der Waals surface area contributed by atoms with Gasteiger partial charge < -0.3 is 20.3 Å². The van der Waals surface area contributed by atoms with Crippen LogP contribution in [0.3, 0.4) is 0 Å². The minimum absolute atomic E-state index is 0.131. The number of carbonyl (C=O) groups excluding carboxylic acids is 3. The first-order chi connectivity index (χ1) is 20.5. The number of rotatable bonds is 9. The standard InChI is InChI=1S/C32H31N5O5/c1-41-32(40)24-9-12-26-27(19-24)35-31(39)28(26)29(22-5-3-2-4-6-22)34-25-10-7-23(8-11-25)30(38)36-42-18-17-37-15-13-21(20-33)14-16-37/h2-12,19,21,34H,13-18H2,1H3,(H,35,39)(H,36,38). The highest BCUT2D eigenvalue weighted by molar-refractivity contribution is 6.37. The smallest absolute Gasteiger partial charge is 0.337 e. The number of piperidine rings is 1. The predicted octanol–water partition coefficient (Wildman–Crippen LogP) is 4.30. The molecule has 0 bridgehead atoms. The van der Waals surface area contributed by atoms with Gasteiger partial charge in [0.05, 0.1) is 42.3 Å². The van der Waals surface area contributed by atoms with Gasteiger partial charge in [-0.25, -0.2) is 10.3 Å². The van der Waals surface area contributed by atoms with E-state index in [1.807, 2.05) is 30.3 Å². The lowest BCUT2D eigenvalue weighted by Crippen LogP contribution is -2.37. The quantitative estimate of drug-likeness (QED) is 0.151. The number of nitriles is 1. The van der Waals surface area contributed by atoms with Crippen LogP contribution < -0.4 is 16.1 Å². The minimum atomic E-state index is -0.489. The van der Waals surface area contributed by atoms with E-state index in [4.69, 9.17) is 14.8 Å². The van der Waals surface area contributed by atoms with Crippen molar-refractivity contribution < 1.29 is 24.0 Å². The molecule has 0 radical (unpaired) electrons. The Balaban J connectivity index is 1.27. The molecule has 0 unspecified atom stereocenters. The molecule has 0 aliphatic carbocycles.